The van der Waals surface area contributed by atoms with Crippen molar-refractivity contribution in [3.63, 3.8) is 0 Å². The Labute approximate surface area is 120 Å². The van der Waals surface area contributed by atoms with Crippen LogP contribution in [0.5, 0.6) is 0 Å². The van der Waals surface area contributed by atoms with Gasteiger partial charge in [0.05, 0.1) is 6.07 Å². The molecule has 0 aromatic heterocycles. The Bertz CT molecular complexity index is 510. The van der Waals surface area contributed by atoms with Crippen LogP contribution in [-0.4, -0.2) is 31.1 Å². The SMILES string of the molecule is Cc1ccc(CN(C)C(=O)C2(C#N)CCOCC2)cc1. The molecule has 1 saturated heterocycles. The lowest BCUT2D eigenvalue weighted by Crippen LogP contribution is -2.44. The molecule has 0 saturated carbocycles. The Morgan fingerprint density at radius 1 is 1.35 bits per heavy atom. The highest BCUT2D eigenvalue weighted by atomic mass is 16.5. The van der Waals surface area contributed by atoms with E-state index in [2.05, 4.69) is 6.07 Å². The first-order chi connectivity index (χ1) is 9.57. The van der Waals surface area contributed by atoms with E-state index in [9.17, 15) is 10.1 Å². The number of nitriles is 1. The molecular weight excluding hydrogens is 252 g/mol. The number of hydrogen-bond acceptors (Lipinski definition) is 3. The van der Waals surface area contributed by atoms with Gasteiger partial charge in [0, 0.05) is 26.8 Å². The highest BCUT2D eigenvalue weighted by molar-refractivity contribution is 5.85. The van der Waals surface area contributed by atoms with E-state index in [1.54, 1.807) is 11.9 Å². The number of benzene rings is 1. The van der Waals surface area contributed by atoms with Crippen LogP contribution >= 0.6 is 0 Å². The Balaban J connectivity index is 2.07. The van der Waals surface area contributed by atoms with Crippen LogP contribution in [0.1, 0.15) is 24.0 Å². The average Bonchev–Trinajstić information content (AvgIpc) is 2.49. The largest absolute Gasteiger partial charge is 0.381 e. The van der Waals surface area contributed by atoms with Gasteiger partial charge in [-0.3, -0.25) is 4.79 Å². The highest BCUT2D eigenvalue weighted by Gasteiger charge is 2.42. The average molecular weight is 272 g/mol. The molecule has 1 fully saturated rings. The van der Waals surface area contributed by atoms with Crippen LogP contribution in [0.4, 0.5) is 0 Å². The van der Waals surface area contributed by atoms with Crippen molar-refractivity contribution >= 4 is 5.91 Å². The number of carbonyl (C=O) groups is 1. The van der Waals surface area contributed by atoms with E-state index in [1.165, 1.54) is 5.56 Å². The molecule has 0 unspecified atom stereocenters. The van der Waals surface area contributed by atoms with Crippen LogP contribution < -0.4 is 0 Å². The molecule has 1 aliphatic rings. The predicted octanol–water partition coefficient (Wildman–Crippen LogP) is 2.27. The molecule has 0 radical (unpaired) electrons. The van der Waals surface area contributed by atoms with Crippen LogP contribution in [0.2, 0.25) is 0 Å². The number of ether oxygens (including phenoxy) is 1. The maximum atomic E-state index is 12.6. The fourth-order valence-corrected chi connectivity index (χ4v) is 2.50. The van der Waals surface area contributed by atoms with Gasteiger partial charge in [-0.2, -0.15) is 5.26 Å². The Morgan fingerprint density at radius 3 is 2.50 bits per heavy atom. The van der Waals surface area contributed by atoms with Crippen molar-refractivity contribution in [2.45, 2.75) is 26.3 Å². The third kappa shape index (κ3) is 3.00. The van der Waals surface area contributed by atoms with Crippen molar-refractivity contribution < 1.29 is 9.53 Å². The minimum Gasteiger partial charge on any atom is -0.381 e. The topological polar surface area (TPSA) is 53.3 Å². The van der Waals surface area contributed by atoms with Crippen LogP contribution in [0.25, 0.3) is 0 Å². The molecule has 1 aliphatic heterocycles. The van der Waals surface area contributed by atoms with Crippen molar-refractivity contribution in [3.05, 3.63) is 35.4 Å². The van der Waals surface area contributed by atoms with Crippen molar-refractivity contribution in [1.29, 1.82) is 5.26 Å². The third-order valence-electron chi connectivity index (χ3n) is 3.86. The predicted molar refractivity (Wildman–Crippen MR) is 75.8 cm³/mol. The summed E-state index contributed by atoms with van der Waals surface area (Å²) in [5, 5.41) is 9.41. The summed E-state index contributed by atoms with van der Waals surface area (Å²) in [7, 11) is 1.76. The van der Waals surface area contributed by atoms with Crippen LogP contribution in [0, 0.1) is 23.7 Å². The first-order valence-electron chi connectivity index (χ1n) is 6.87. The summed E-state index contributed by atoms with van der Waals surface area (Å²) in [6, 6.07) is 10.3. The maximum Gasteiger partial charge on any atom is 0.243 e. The molecule has 0 spiro atoms. The van der Waals surface area contributed by atoms with Gasteiger partial charge < -0.3 is 9.64 Å². The molecule has 0 aliphatic carbocycles. The second-order valence-corrected chi connectivity index (χ2v) is 5.45. The van der Waals surface area contributed by atoms with Gasteiger partial charge in [0.15, 0.2) is 0 Å². The lowest BCUT2D eigenvalue weighted by Gasteiger charge is -2.33. The zero-order valence-electron chi connectivity index (χ0n) is 12.1. The summed E-state index contributed by atoms with van der Waals surface area (Å²) >= 11 is 0. The molecule has 2 rings (SSSR count). The molecular formula is C16H20N2O2. The summed E-state index contributed by atoms with van der Waals surface area (Å²) in [6.07, 6.45) is 0.973. The fraction of sp³-hybridized carbons (Fsp3) is 0.500. The lowest BCUT2D eigenvalue weighted by atomic mass is 9.80. The molecule has 106 valence electrons. The zero-order chi connectivity index (χ0) is 14.6. The zero-order valence-corrected chi connectivity index (χ0v) is 12.1. The number of aryl methyl sites for hydroxylation is 1. The molecule has 0 bridgehead atoms. The standard InChI is InChI=1S/C16H20N2O2/c1-13-3-5-14(6-4-13)11-18(2)15(19)16(12-17)7-9-20-10-8-16/h3-6H,7-11H2,1-2H3. The molecule has 0 N–H and O–H groups in total. The van der Waals surface area contributed by atoms with Crippen molar-refractivity contribution in [2.75, 3.05) is 20.3 Å². The first kappa shape index (κ1) is 14.5. The molecule has 1 amide bonds. The molecule has 4 heteroatoms. The summed E-state index contributed by atoms with van der Waals surface area (Å²) in [6.45, 7) is 3.53. The normalized spacial score (nSPS) is 17.2. The fourth-order valence-electron chi connectivity index (χ4n) is 2.50. The van der Waals surface area contributed by atoms with Gasteiger partial charge >= 0.3 is 0 Å². The van der Waals surface area contributed by atoms with Crippen LogP contribution in [0.15, 0.2) is 24.3 Å². The summed E-state index contributed by atoms with van der Waals surface area (Å²) in [4.78, 5) is 14.2. The van der Waals surface area contributed by atoms with E-state index in [0.29, 0.717) is 32.6 Å². The minimum atomic E-state index is -0.905. The van der Waals surface area contributed by atoms with Gasteiger partial charge in [0.25, 0.3) is 0 Å². The second kappa shape index (κ2) is 6.06. The summed E-state index contributed by atoms with van der Waals surface area (Å²) in [5.74, 6) is -0.0936. The number of hydrogen-bond donors (Lipinski definition) is 0. The van der Waals surface area contributed by atoms with E-state index in [-0.39, 0.29) is 5.91 Å². The quantitative estimate of drug-likeness (QED) is 0.848. The summed E-state index contributed by atoms with van der Waals surface area (Å²) < 4.78 is 5.27. The van der Waals surface area contributed by atoms with E-state index in [1.807, 2.05) is 31.2 Å². The van der Waals surface area contributed by atoms with Gasteiger partial charge in [-0.15, -0.1) is 0 Å². The molecule has 1 heterocycles. The molecule has 1 aromatic rings. The molecule has 20 heavy (non-hydrogen) atoms. The number of amides is 1. The smallest absolute Gasteiger partial charge is 0.243 e. The monoisotopic (exact) mass is 272 g/mol. The van der Waals surface area contributed by atoms with Gasteiger partial charge in [-0.25, -0.2) is 0 Å². The van der Waals surface area contributed by atoms with Crippen molar-refractivity contribution in [2.24, 2.45) is 5.41 Å². The Hall–Kier alpha value is -1.86. The van der Waals surface area contributed by atoms with E-state index >= 15 is 0 Å². The van der Waals surface area contributed by atoms with Gasteiger partial charge in [0.1, 0.15) is 5.41 Å². The van der Waals surface area contributed by atoms with Crippen molar-refractivity contribution in [3.8, 4) is 6.07 Å². The number of nitrogens with zero attached hydrogens (tertiary/aromatic N) is 2. The van der Waals surface area contributed by atoms with Gasteiger partial charge in [0.2, 0.25) is 5.91 Å². The first-order valence-corrected chi connectivity index (χ1v) is 6.87. The van der Waals surface area contributed by atoms with Gasteiger partial charge in [-0.05, 0) is 25.3 Å². The van der Waals surface area contributed by atoms with Gasteiger partial charge in [-0.1, -0.05) is 29.8 Å². The Morgan fingerprint density at radius 2 is 1.95 bits per heavy atom. The van der Waals surface area contributed by atoms with E-state index < -0.39 is 5.41 Å². The maximum absolute atomic E-state index is 12.6. The van der Waals surface area contributed by atoms with Crippen LogP contribution in [-0.2, 0) is 16.1 Å². The number of rotatable bonds is 3. The van der Waals surface area contributed by atoms with Crippen molar-refractivity contribution in [1.82, 2.24) is 4.90 Å². The summed E-state index contributed by atoms with van der Waals surface area (Å²) in [5.41, 5.74) is 1.37. The Kier molecular flexibility index (Phi) is 4.41. The van der Waals surface area contributed by atoms with E-state index in [4.69, 9.17) is 4.74 Å². The minimum absolute atomic E-state index is 0.0936. The second-order valence-electron chi connectivity index (χ2n) is 5.45. The van der Waals surface area contributed by atoms with E-state index in [0.717, 1.165) is 5.56 Å². The lowest BCUT2D eigenvalue weighted by molar-refractivity contribution is -0.142. The number of carbonyl (C=O) groups excluding carboxylic acids is 1. The highest BCUT2D eigenvalue weighted by Crippen LogP contribution is 2.32. The third-order valence-corrected chi connectivity index (χ3v) is 3.86. The molecule has 0 atom stereocenters. The van der Waals surface area contributed by atoms with Crippen LogP contribution in [0.3, 0.4) is 0 Å². The molecule has 4 nitrogen and oxygen atoms in total. The molecule has 1 aromatic carbocycles.